The van der Waals surface area contributed by atoms with E-state index in [1.807, 2.05) is 36.4 Å². The number of fused-ring (bicyclic) bond motifs is 3. The van der Waals surface area contributed by atoms with Crippen molar-refractivity contribution in [3.05, 3.63) is 59.7 Å². The number of benzene rings is 2. The van der Waals surface area contributed by atoms with Crippen molar-refractivity contribution in [2.45, 2.75) is 64.4 Å². The Kier molecular flexibility index (Phi) is 6.60. The Balaban J connectivity index is 1.49. The van der Waals surface area contributed by atoms with Crippen LogP contribution >= 0.6 is 0 Å². The van der Waals surface area contributed by atoms with Gasteiger partial charge in [0.2, 0.25) is 5.91 Å². The van der Waals surface area contributed by atoms with Gasteiger partial charge in [0.05, 0.1) is 6.10 Å². The van der Waals surface area contributed by atoms with Crippen LogP contribution in [0.25, 0.3) is 11.1 Å². The van der Waals surface area contributed by atoms with E-state index in [1.165, 1.54) is 4.90 Å². The highest BCUT2D eigenvalue weighted by molar-refractivity contribution is 5.90. The van der Waals surface area contributed by atoms with Crippen molar-refractivity contribution in [3.63, 3.8) is 0 Å². The summed E-state index contributed by atoms with van der Waals surface area (Å²) in [6.45, 7) is 8.61. The number of aliphatic carboxylic acids is 1. The molecule has 1 aliphatic heterocycles. The fraction of sp³-hybridized carbons (Fsp3) is 0.444. The fourth-order valence-corrected chi connectivity index (χ4v) is 5.27. The van der Waals surface area contributed by atoms with E-state index in [-0.39, 0.29) is 18.4 Å². The summed E-state index contributed by atoms with van der Waals surface area (Å²) in [6.07, 6.45) is -1.41. The SMILES string of the molecule is CC(C)[C@H](NC(=O)OCC1c2ccccc2-c2ccccc21)C(=O)N1[C@@H](C(=O)O)[C@@H](C)OC1(C)C. The van der Waals surface area contributed by atoms with Crippen molar-refractivity contribution < 1.29 is 29.0 Å². The van der Waals surface area contributed by atoms with Crippen LogP contribution in [0.1, 0.15) is 51.7 Å². The number of nitrogens with zero attached hydrogens (tertiary/aromatic N) is 1. The van der Waals surface area contributed by atoms with Crippen LogP contribution in [0.5, 0.6) is 0 Å². The lowest BCUT2D eigenvalue weighted by atomic mass is 9.98. The third-order valence-electron chi connectivity index (χ3n) is 6.82. The summed E-state index contributed by atoms with van der Waals surface area (Å²) < 4.78 is 11.4. The molecule has 1 aliphatic carbocycles. The second-order valence-corrected chi connectivity index (χ2v) is 9.95. The third kappa shape index (κ3) is 4.50. The molecule has 0 radical (unpaired) electrons. The van der Waals surface area contributed by atoms with Crippen LogP contribution in [-0.4, -0.2) is 58.5 Å². The molecule has 1 heterocycles. The predicted molar refractivity (Wildman–Crippen MR) is 130 cm³/mol. The van der Waals surface area contributed by atoms with Crippen molar-refractivity contribution in [3.8, 4) is 11.1 Å². The molecule has 0 aromatic heterocycles. The van der Waals surface area contributed by atoms with Crippen molar-refractivity contribution in [2.75, 3.05) is 6.61 Å². The molecular formula is C27H32N2O6. The molecule has 35 heavy (non-hydrogen) atoms. The molecule has 0 unspecified atom stereocenters. The maximum absolute atomic E-state index is 13.5. The normalized spacial score (nSPS) is 21.4. The second-order valence-electron chi connectivity index (χ2n) is 9.95. The number of carbonyl (C=O) groups excluding carboxylic acids is 2. The molecule has 186 valence electrons. The number of hydrogen-bond acceptors (Lipinski definition) is 5. The van der Waals surface area contributed by atoms with Gasteiger partial charge in [-0.2, -0.15) is 0 Å². The smallest absolute Gasteiger partial charge is 0.407 e. The first-order valence-corrected chi connectivity index (χ1v) is 11.9. The highest BCUT2D eigenvalue weighted by atomic mass is 16.6. The minimum Gasteiger partial charge on any atom is -0.480 e. The average Bonchev–Trinajstić information content (AvgIpc) is 3.25. The van der Waals surface area contributed by atoms with Gasteiger partial charge >= 0.3 is 12.1 Å². The van der Waals surface area contributed by atoms with Gasteiger partial charge in [0.25, 0.3) is 0 Å². The van der Waals surface area contributed by atoms with E-state index in [9.17, 15) is 19.5 Å². The monoisotopic (exact) mass is 480 g/mol. The second kappa shape index (κ2) is 9.34. The van der Waals surface area contributed by atoms with E-state index in [2.05, 4.69) is 17.4 Å². The molecule has 2 aromatic carbocycles. The highest BCUT2D eigenvalue weighted by Crippen LogP contribution is 2.44. The van der Waals surface area contributed by atoms with Gasteiger partial charge < -0.3 is 19.9 Å². The number of carboxylic acid groups (broad SMARTS) is 1. The summed E-state index contributed by atoms with van der Waals surface area (Å²) in [6, 6.07) is 14.0. The number of carboxylic acids is 1. The Morgan fingerprint density at radius 3 is 2.11 bits per heavy atom. The van der Waals surface area contributed by atoms with Gasteiger partial charge in [0.15, 0.2) is 6.04 Å². The van der Waals surface area contributed by atoms with Gasteiger partial charge in [-0.1, -0.05) is 62.4 Å². The maximum atomic E-state index is 13.5. The lowest BCUT2D eigenvalue weighted by Gasteiger charge is -2.36. The largest absolute Gasteiger partial charge is 0.480 e. The first kappa shape index (κ1) is 24.7. The Morgan fingerprint density at radius 1 is 1.06 bits per heavy atom. The van der Waals surface area contributed by atoms with Crippen molar-refractivity contribution in [2.24, 2.45) is 5.92 Å². The van der Waals surface area contributed by atoms with Crippen LogP contribution < -0.4 is 5.32 Å². The van der Waals surface area contributed by atoms with Gasteiger partial charge in [0, 0.05) is 5.92 Å². The van der Waals surface area contributed by atoms with Crippen LogP contribution in [0.3, 0.4) is 0 Å². The van der Waals surface area contributed by atoms with Gasteiger partial charge in [-0.05, 0) is 48.9 Å². The zero-order chi connectivity index (χ0) is 25.5. The van der Waals surface area contributed by atoms with Crippen LogP contribution in [-0.2, 0) is 19.1 Å². The molecule has 2 aromatic rings. The standard InChI is InChI=1S/C27H32N2O6/c1-15(2)22(24(30)29-23(25(31)32)16(3)35-27(29,4)5)28-26(33)34-14-21-19-12-8-6-10-17(19)18-11-7-9-13-20(18)21/h6-13,15-16,21-23H,14H2,1-5H3,(H,28,33)(H,31,32)/t16-,22+,23-/m1/s1. The Hall–Kier alpha value is -3.39. The number of hydrogen-bond donors (Lipinski definition) is 2. The highest BCUT2D eigenvalue weighted by Gasteiger charge is 2.53. The molecular weight excluding hydrogens is 448 g/mol. The topological polar surface area (TPSA) is 105 Å². The van der Waals surface area contributed by atoms with Crippen LogP contribution in [0.4, 0.5) is 4.79 Å². The Morgan fingerprint density at radius 2 is 1.60 bits per heavy atom. The molecule has 0 spiro atoms. The van der Waals surface area contributed by atoms with Gasteiger partial charge in [-0.25, -0.2) is 9.59 Å². The van der Waals surface area contributed by atoms with E-state index in [4.69, 9.17) is 9.47 Å². The first-order valence-electron chi connectivity index (χ1n) is 11.9. The maximum Gasteiger partial charge on any atom is 0.407 e. The minimum atomic E-state index is -1.15. The Bertz CT molecular complexity index is 1100. The van der Waals surface area contributed by atoms with E-state index in [1.54, 1.807) is 34.6 Å². The van der Waals surface area contributed by atoms with Crippen LogP contribution in [0.2, 0.25) is 0 Å². The summed E-state index contributed by atoms with van der Waals surface area (Å²) in [7, 11) is 0. The van der Waals surface area contributed by atoms with E-state index < -0.39 is 41.9 Å². The summed E-state index contributed by atoms with van der Waals surface area (Å²) in [5.41, 5.74) is 3.30. The number of amides is 2. The summed E-state index contributed by atoms with van der Waals surface area (Å²) in [5, 5.41) is 12.4. The van der Waals surface area contributed by atoms with Crippen molar-refractivity contribution in [1.82, 2.24) is 10.2 Å². The number of ether oxygens (including phenoxy) is 2. The van der Waals surface area contributed by atoms with Crippen LogP contribution in [0, 0.1) is 5.92 Å². The minimum absolute atomic E-state index is 0.107. The number of rotatable bonds is 6. The third-order valence-corrected chi connectivity index (χ3v) is 6.82. The molecule has 8 heteroatoms. The van der Waals surface area contributed by atoms with Gasteiger partial charge in [0.1, 0.15) is 18.4 Å². The number of carbonyl (C=O) groups is 3. The Labute approximate surface area is 205 Å². The van der Waals surface area contributed by atoms with E-state index >= 15 is 0 Å². The van der Waals surface area contributed by atoms with E-state index in [0.29, 0.717) is 0 Å². The predicted octanol–water partition coefficient (Wildman–Crippen LogP) is 3.99. The zero-order valence-corrected chi connectivity index (χ0v) is 20.6. The van der Waals surface area contributed by atoms with Crippen molar-refractivity contribution >= 4 is 18.0 Å². The molecule has 3 atom stereocenters. The average molecular weight is 481 g/mol. The molecule has 0 bridgehead atoms. The summed E-state index contributed by atoms with van der Waals surface area (Å²) in [5.74, 6) is -2.08. The molecule has 1 fully saturated rings. The zero-order valence-electron chi connectivity index (χ0n) is 20.6. The molecule has 1 saturated heterocycles. The summed E-state index contributed by atoms with van der Waals surface area (Å²) in [4.78, 5) is 39.5. The molecule has 2 aliphatic rings. The van der Waals surface area contributed by atoms with Crippen LogP contribution in [0.15, 0.2) is 48.5 Å². The molecule has 2 N–H and O–H groups in total. The molecule has 8 nitrogen and oxygen atoms in total. The number of nitrogens with one attached hydrogen (secondary N) is 1. The molecule has 4 rings (SSSR count). The number of alkyl carbamates (subject to hydrolysis) is 1. The first-order chi connectivity index (χ1) is 16.5. The lowest BCUT2D eigenvalue weighted by Crippen LogP contribution is -2.59. The molecule has 0 saturated carbocycles. The molecule has 2 amide bonds. The van der Waals surface area contributed by atoms with Gasteiger partial charge in [-0.3, -0.25) is 9.69 Å². The summed E-state index contributed by atoms with van der Waals surface area (Å²) >= 11 is 0. The quantitative estimate of drug-likeness (QED) is 0.648. The fourth-order valence-electron chi connectivity index (χ4n) is 5.27. The van der Waals surface area contributed by atoms with Crippen molar-refractivity contribution in [1.29, 1.82) is 0 Å². The lowest BCUT2D eigenvalue weighted by molar-refractivity contribution is -0.157. The van der Waals surface area contributed by atoms with E-state index in [0.717, 1.165) is 22.3 Å². The van der Waals surface area contributed by atoms with Gasteiger partial charge in [-0.15, -0.1) is 0 Å².